The van der Waals surface area contributed by atoms with Crippen LogP contribution in [0.5, 0.6) is 0 Å². The van der Waals surface area contributed by atoms with E-state index in [1.54, 1.807) is 13.0 Å². The molecule has 1 aliphatic rings. The van der Waals surface area contributed by atoms with E-state index in [-0.39, 0.29) is 29.7 Å². The number of anilines is 1. The first kappa shape index (κ1) is 24.4. The van der Waals surface area contributed by atoms with Gasteiger partial charge in [0.05, 0.1) is 17.9 Å². The third-order valence-corrected chi connectivity index (χ3v) is 6.05. The van der Waals surface area contributed by atoms with Crippen LogP contribution in [0, 0.1) is 17.7 Å². The molecule has 0 spiro atoms. The van der Waals surface area contributed by atoms with Crippen LogP contribution in [0.4, 0.5) is 10.1 Å². The Kier molecular flexibility index (Phi) is 9.88. The molecule has 0 radical (unpaired) electrons. The number of aliphatic hydroxyl groups excluding tert-OH is 3. The number of unbranched alkanes of at least 4 members (excludes halogenated alkanes) is 3. The molecular formula is C23H34FNO5. The van der Waals surface area contributed by atoms with Crippen LogP contribution in [-0.4, -0.2) is 45.3 Å². The largest absolute Gasteiger partial charge is 0.393 e. The number of amides is 1. The van der Waals surface area contributed by atoms with Crippen LogP contribution < -0.4 is 5.32 Å². The van der Waals surface area contributed by atoms with Crippen molar-refractivity contribution in [3.63, 3.8) is 0 Å². The Morgan fingerprint density at radius 3 is 2.37 bits per heavy atom. The Morgan fingerprint density at radius 2 is 1.70 bits per heavy atom. The van der Waals surface area contributed by atoms with Crippen molar-refractivity contribution in [2.24, 2.45) is 11.8 Å². The van der Waals surface area contributed by atoms with Crippen LogP contribution >= 0.6 is 0 Å². The number of Topliss-reactive ketones (excluding diaryl/α,β-unsaturated/α-hetero) is 1. The number of nitrogens with one attached hydrogen (secondary N) is 1. The second kappa shape index (κ2) is 12.1. The first-order chi connectivity index (χ1) is 14.3. The number of para-hydroxylation sites is 1. The summed E-state index contributed by atoms with van der Waals surface area (Å²) in [7, 11) is 0. The summed E-state index contributed by atoms with van der Waals surface area (Å²) in [5, 5.41) is 33.2. The number of carbonyl (C=O) groups excluding carboxylic acids is 2. The van der Waals surface area contributed by atoms with Crippen LogP contribution in [0.2, 0.25) is 0 Å². The lowest BCUT2D eigenvalue weighted by Crippen LogP contribution is -2.30. The van der Waals surface area contributed by atoms with Gasteiger partial charge >= 0.3 is 0 Å². The number of rotatable bonds is 12. The minimum atomic E-state index is -1.32. The molecule has 1 amide bonds. The van der Waals surface area contributed by atoms with Gasteiger partial charge < -0.3 is 25.4 Å². The Hall–Kier alpha value is -1.83. The Balaban J connectivity index is 1.78. The van der Waals surface area contributed by atoms with Gasteiger partial charge in [-0.05, 0) is 63.0 Å². The van der Waals surface area contributed by atoms with Gasteiger partial charge in [-0.2, -0.15) is 0 Å². The molecule has 0 aromatic heterocycles. The summed E-state index contributed by atoms with van der Waals surface area (Å²) in [6, 6.07) is 5.75. The maximum absolute atomic E-state index is 13.7. The number of aliphatic hydroxyl groups is 3. The zero-order chi connectivity index (χ0) is 22.1. The van der Waals surface area contributed by atoms with Crippen molar-refractivity contribution in [3.05, 3.63) is 30.1 Å². The standard InChI is InChI=1S/C23H34FNO5/c1-15(26)8-4-2-3-5-9-16-17(22(29)14-21(16)28)12-13-20(27)23(30)25-19-11-7-6-10-18(19)24/h6-7,10-11,16-17,20-22,27-29H,2-5,8-9,12-14H2,1H3,(H,25,30)/t16-,17-,20?,21+,22-/m1/s1. The second-order valence-corrected chi connectivity index (χ2v) is 8.42. The molecule has 1 saturated carbocycles. The lowest BCUT2D eigenvalue weighted by atomic mass is 9.84. The molecule has 1 fully saturated rings. The van der Waals surface area contributed by atoms with E-state index in [4.69, 9.17) is 0 Å². The molecule has 1 unspecified atom stereocenters. The lowest BCUT2D eigenvalue weighted by molar-refractivity contribution is -0.124. The maximum Gasteiger partial charge on any atom is 0.253 e. The zero-order valence-corrected chi connectivity index (χ0v) is 17.6. The Labute approximate surface area is 177 Å². The SMILES string of the molecule is CC(=O)CCCCCC[C@@H]1[C@@H](CCC(O)C(=O)Nc2ccccc2F)[C@H](O)C[C@@H]1O. The summed E-state index contributed by atoms with van der Waals surface area (Å²) < 4.78 is 13.7. The quantitative estimate of drug-likeness (QED) is 0.386. The molecule has 2 rings (SSSR count). The molecular weight excluding hydrogens is 389 g/mol. The zero-order valence-electron chi connectivity index (χ0n) is 17.6. The molecule has 0 heterocycles. The van der Waals surface area contributed by atoms with E-state index in [0.717, 1.165) is 32.1 Å². The topological polar surface area (TPSA) is 107 Å². The Morgan fingerprint density at radius 1 is 1.07 bits per heavy atom. The first-order valence-corrected chi connectivity index (χ1v) is 10.9. The highest BCUT2D eigenvalue weighted by atomic mass is 19.1. The average Bonchev–Trinajstić information content (AvgIpc) is 2.96. The van der Waals surface area contributed by atoms with Crippen molar-refractivity contribution in [2.45, 2.75) is 83.0 Å². The van der Waals surface area contributed by atoms with E-state index in [9.17, 15) is 29.3 Å². The molecule has 30 heavy (non-hydrogen) atoms. The highest BCUT2D eigenvalue weighted by molar-refractivity contribution is 5.94. The molecule has 4 N–H and O–H groups in total. The molecule has 5 atom stereocenters. The van der Waals surface area contributed by atoms with Crippen LogP contribution in [0.1, 0.15) is 64.7 Å². The van der Waals surface area contributed by atoms with Gasteiger partial charge in [0.2, 0.25) is 0 Å². The van der Waals surface area contributed by atoms with Crippen LogP contribution in [0.25, 0.3) is 0 Å². The summed E-state index contributed by atoms with van der Waals surface area (Å²) >= 11 is 0. The van der Waals surface area contributed by atoms with Gasteiger partial charge in [0.25, 0.3) is 5.91 Å². The molecule has 168 valence electrons. The van der Waals surface area contributed by atoms with Gasteiger partial charge in [-0.3, -0.25) is 4.79 Å². The van der Waals surface area contributed by atoms with Crippen LogP contribution in [0.3, 0.4) is 0 Å². The van der Waals surface area contributed by atoms with Crippen molar-refractivity contribution in [3.8, 4) is 0 Å². The van der Waals surface area contributed by atoms with E-state index >= 15 is 0 Å². The van der Waals surface area contributed by atoms with E-state index in [0.29, 0.717) is 19.3 Å². The molecule has 1 aliphatic carbocycles. The molecule has 1 aromatic carbocycles. The minimum absolute atomic E-state index is 0.0144. The lowest BCUT2D eigenvalue weighted by Gasteiger charge is -2.24. The molecule has 0 aliphatic heterocycles. The smallest absolute Gasteiger partial charge is 0.253 e. The normalized spacial score (nSPS) is 24.6. The monoisotopic (exact) mass is 423 g/mol. The number of halogens is 1. The van der Waals surface area contributed by atoms with Crippen LogP contribution in [-0.2, 0) is 9.59 Å². The van der Waals surface area contributed by atoms with E-state index < -0.39 is 30.0 Å². The summed E-state index contributed by atoms with van der Waals surface area (Å²) in [6.45, 7) is 1.59. The third kappa shape index (κ3) is 7.45. The van der Waals surface area contributed by atoms with E-state index in [1.807, 2.05) is 0 Å². The van der Waals surface area contributed by atoms with Gasteiger partial charge in [-0.15, -0.1) is 0 Å². The predicted octanol–water partition coefficient (Wildman–Crippen LogP) is 3.19. The highest BCUT2D eigenvalue weighted by Gasteiger charge is 2.41. The van der Waals surface area contributed by atoms with Crippen LogP contribution in [0.15, 0.2) is 24.3 Å². The number of ketones is 1. The molecule has 6 nitrogen and oxygen atoms in total. The van der Waals surface area contributed by atoms with Crippen molar-refractivity contribution < 1.29 is 29.3 Å². The second-order valence-electron chi connectivity index (χ2n) is 8.42. The van der Waals surface area contributed by atoms with Gasteiger partial charge in [0, 0.05) is 6.42 Å². The summed E-state index contributed by atoms with van der Waals surface area (Å²) in [5.74, 6) is -1.32. The third-order valence-electron chi connectivity index (χ3n) is 6.05. The summed E-state index contributed by atoms with van der Waals surface area (Å²) in [5.41, 5.74) is 0.0144. The van der Waals surface area contributed by atoms with Crippen molar-refractivity contribution in [2.75, 3.05) is 5.32 Å². The van der Waals surface area contributed by atoms with E-state index in [1.165, 1.54) is 18.2 Å². The van der Waals surface area contributed by atoms with Crippen molar-refractivity contribution in [1.29, 1.82) is 0 Å². The fourth-order valence-corrected chi connectivity index (χ4v) is 4.35. The fraction of sp³-hybridized carbons (Fsp3) is 0.652. The van der Waals surface area contributed by atoms with E-state index in [2.05, 4.69) is 5.32 Å². The van der Waals surface area contributed by atoms with Crippen molar-refractivity contribution in [1.82, 2.24) is 0 Å². The fourth-order valence-electron chi connectivity index (χ4n) is 4.35. The number of benzene rings is 1. The predicted molar refractivity (Wildman–Crippen MR) is 112 cm³/mol. The van der Waals surface area contributed by atoms with Gasteiger partial charge in [-0.1, -0.05) is 31.4 Å². The summed E-state index contributed by atoms with van der Waals surface area (Å²) in [6.07, 6.45) is 3.33. The molecule has 0 saturated heterocycles. The van der Waals surface area contributed by atoms with Gasteiger partial charge in [0.15, 0.2) is 0 Å². The Bertz CT molecular complexity index is 698. The summed E-state index contributed by atoms with van der Waals surface area (Å²) in [4.78, 5) is 23.1. The number of hydrogen-bond donors (Lipinski definition) is 4. The molecule has 0 bridgehead atoms. The first-order valence-electron chi connectivity index (χ1n) is 10.9. The number of hydrogen-bond acceptors (Lipinski definition) is 5. The molecule has 7 heteroatoms. The number of carbonyl (C=O) groups is 2. The average molecular weight is 424 g/mol. The van der Waals surface area contributed by atoms with Gasteiger partial charge in [-0.25, -0.2) is 4.39 Å². The molecule has 1 aromatic rings. The minimum Gasteiger partial charge on any atom is -0.393 e. The maximum atomic E-state index is 13.7. The van der Waals surface area contributed by atoms with Crippen molar-refractivity contribution >= 4 is 17.4 Å². The highest BCUT2D eigenvalue weighted by Crippen LogP contribution is 2.39. The van der Waals surface area contributed by atoms with Gasteiger partial charge in [0.1, 0.15) is 17.7 Å².